The van der Waals surface area contributed by atoms with Crippen LogP contribution in [0.1, 0.15) is 62.8 Å². The highest BCUT2D eigenvalue weighted by molar-refractivity contribution is 5.84. The second-order valence-electron chi connectivity index (χ2n) is 10.4. The van der Waals surface area contributed by atoms with Gasteiger partial charge in [0.25, 0.3) is 0 Å². The highest BCUT2D eigenvalue weighted by Gasteiger charge is 2.38. The van der Waals surface area contributed by atoms with Gasteiger partial charge in [-0.1, -0.05) is 55.8 Å². The molecular formula is C29H37N3O3. The number of Topliss-reactive ketones (excluding diaryl/α,β-unsaturated/α-hetero) is 1. The van der Waals surface area contributed by atoms with E-state index in [2.05, 4.69) is 31.2 Å². The van der Waals surface area contributed by atoms with Crippen LogP contribution in [0.15, 0.2) is 54.6 Å². The smallest absolute Gasteiger partial charge is 0.150 e. The lowest BCUT2D eigenvalue weighted by Crippen LogP contribution is -2.38. The van der Waals surface area contributed by atoms with Crippen LogP contribution in [0.25, 0.3) is 16.9 Å². The van der Waals surface area contributed by atoms with Crippen molar-refractivity contribution in [3.8, 4) is 16.9 Å². The molecule has 1 fully saturated rings. The Morgan fingerprint density at radius 3 is 2.31 bits per heavy atom. The van der Waals surface area contributed by atoms with Crippen molar-refractivity contribution < 1.29 is 15.0 Å². The van der Waals surface area contributed by atoms with Crippen molar-refractivity contribution in [3.63, 3.8) is 0 Å². The number of hydrogen-bond donors (Lipinski definition) is 3. The summed E-state index contributed by atoms with van der Waals surface area (Å²) in [6.07, 6.45) is 3.15. The largest absolute Gasteiger partial charge is 0.392 e. The number of carbonyl (C=O) groups is 1. The molecule has 1 atom stereocenters. The zero-order chi connectivity index (χ0) is 25.2. The van der Waals surface area contributed by atoms with Gasteiger partial charge in [0.05, 0.1) is 29.7 Å². The Labute approximate surface area is 207 Å². The van der Waals surface area contributed by atoms with Gasteiger partial charge in [0.1, 0.15) is 11.4 Å². The molecule has 0 radical (unpaired) electrons. The van der Waals surface area contributed by atoms with Crippen molar-refractivity contribution >= 4 is 5.78 Å². The number of ketones is 1. The van der Waals surface area contributed by atoms with Crippen LogP contribution in [0.4, 0.5) is 0 Å². The van der Waals surface area contributed by atoms with Gasteiger partial charge in [0, 0.05) is 12.0 Å². The lowest BCUT2D eigenvalue weighted by Gasteiger charge is -2.35. The van der Waals surface area contributed by atoms with Crippen molar-refractivity contribution in [2.24, 2.45) is 17.6 Å². The van der Waals surface area contributed by atoms with E-state index in [0.717, 1.165) is 35.3 Å². The number of aromatic nitrogens is 2. The monoisotopic (exact) mass is 475 g/mol. The molecule has 0 bridgehead atoms. The Bertz CT molecular complexity index is 1140. The highest BCUT2D eigenvalue weighted by atomic mass is 16.3. The summed E-state index contributed by atoms with van der Waals surface area (Å²) >= 11 is 0. The van der Waals surface area contributed by atoms with Gasteiger partial charge < -0.3 is 15.9 Å². The van der Waals surface area contributed by atoms with E-state index < -0.39 is 11.6 Å². The first-order valence-electron chi connectivity index (χ1n) is 12.6. The molecule has 0 amide bonds. The van der Waals surface area contributed by atoms with Crippen molar-refractivity contribution in [1.82, 2.24) is 9.78 Å². The number of benzene rings is 2. The van der Waals surface area contributed by atoms with Crippen LogP contribution >= 0.6 is 0 Å². The molecule has 0 spiro atoms. The number of carbonyl (C=O) groups excluding carboxylic acids is 1. The van der Waals surface area contributed by atoms with Crippen molar-refractivity contribution in [2.45, 2.75) is 71.1 Å². The summed E-state index contributed by atoms with van der Waals surface area (Å²) in [5.74, 6) is 0.503. The third-order valence-corrected chi connectivity index (χ3v) is 7.41. The maximum atomic E-state index is 12.5. The Balaban J connectivity index is 1.60. The van der Waals surface area contributed by atoms with E-state index in [9.17, 15) is 15.0 Å². The van der Waals surface area contributed by atoms with Gasteiger partial charge in [0.15, 0.2) is 0 Å². The minimum absolute atomic E-state index is 0.0129. The predicted molar refractivity (Wildman–Crippen MR) is 138 cm³/mol. The first-order chi connectivity index (χ1) is 16.7. The molecule has 186 valence electrons. The fraction of sp³-hybridized carbons (Fsp3) is 0.448. The first-order valence-corrected chi connectivity index (χ1v) is 12.6. The number of aliphatic hydroxyl groups excluding tert-OH is 1. The third kappa shape index (κ3) is 5.56. The van der Waals surface area contributed by atoms with Crippen molar-refractivity contribution in [3.05, 3.63) is 71.4 Å². The van der Waals surface area contributed by atoms with Gasteiger partial charge in [-0.05, 0) is 68.2 Å². The number of hydrogen-bond acceptors (Lipinski definition) is 5. The maximum Gasteiger partial charge on any atom is 0.150 e. The molecule has 1 aliphatic carbocycles. The molecule has 0 aliphatic heterocycles. The molecule has 1 saturated carbocycles. The SMILES string of the molecule is Cc1ccc(-c2cc(C3(O)CCC(CC(=O)[C@@H](N)C(C)C)CC3)nn2-c2ccc(CO)cc2)cc1. The summed E-state index contributed by atoms with van der Waals surface area (Å²) < 4.78 is 1.87. The quantitative estimate of drug-likeness (QED) is 0.440. The molecular weight excluding hydrogens is 438 g/mol. The second-order valence-corrected chi connectivity index (χ2v) is 10.4. The predicted octanol–water partition coefficient (Wildman–Crippen LogP) is 4.66. The number of aryl methyl sites for hydroxylation is 1. The lowest BCUT2D eigenvalue weighted by molar-refractivity contribution is -0.123. The molecule has 1 aromatic heterocycles. The molecule has 4 rings (SSSR count). The zero-order valence-electron chi connectivity index (χ0n) is 20.9. The van der Waals surface area contributed by atoms with Crippen LogP contribution in [0.5, 0.6) is 0 Å². The minimum atomic E-state index is -1.03. The molecule has 1 heterocycles. The second kappa shape index (κ2) is 10.4. The van der Waals surface area contributed by atoms with Crippen LogP contribution in [0, 0.1) is 18.8 Å². The average Bonchev–Trinajstić information content (AvgIpc) is 3.32. The number of nitrogens with two attached hydrogens (primary N) is 1. The lowest BCUT2D eigenvalue weighted by atomic mass is 9.75. The molecule has 2 aromatic carbocycles. The van der Waals surface area contributed by atoms with Crippen LogP contribution in [0.2, 0.25) is 0 Å². The zero-order valence-corrected chi connectivity index (χ0v) is 20.9. The summed E-state index contributed by atoms with van der Waals surface area (Å²) in [5, 5.41) is 25.9. The van der Waals surface area contributed by atoms with E-state index in [1.54, 1.807) is 0 Å². The van der Waals surface area contributed by atoms with Gasteiger partial charge in [0.2, 0.25) is 0 Å². The summed E-state index contributed by atoms with van der Waals surface area (Å²) in [5.41, 5.74) is 10.5. The van der Waals surface area contributed by atoms with E-state index in [-0.39, 0.29) is 24.2 Å². The van der Waals surface area contributed by atoms with E-state index in [4.69, 9.17) is 10.8 Å². The van der Waals surface area contributed by atoms with Crippen LogP contribution in [-0.2, 0) is 17.0 Å². The van der Waals surface area contributed by atoms with Gasteiger partial charge in [-0.3, -0.25) is 4.79 Å². The number of aliphatic hydroxyl groups is 2. The van der Waals surface area contributed by atoms with E-state index >= 15 is 0 Å². The molecule has 0 saturated heterocycles. The first kappa shape index (κ1) is 25.3. The van der Waals surface area contributed by atoms with Gasteiger partial charge >= 0.3 is 0 Å². The van der Waals surface area contributed by atoms with Crippen molar-refractivity contribution in [1.29, 1.82) is 0 Å². The molecule has 1 aliphatic rings. The Morgan fingerprint density at radius 2 is 1.74 bits per heavy atom. The third-order valence-electron chi connectivity index (χ3n) is 7.41. The summed E-state index contributed by atoms with van der Waals surface area (Å²) in [6.45, 7) is 5.99. The normalized spacial score (nSPS) is 21.3. The molecule has 6 nitrogen and oxygen atoms in total. The van der Waals surface area contributed by atoms with E-state index in [1.807, 2.05) is 48.9 Å². The van der Waals surface area contributed by atoms with Gasteiger partial charge in [-0.2, -0.15) is 5.10 Å². The summed E-state index contributed by atoms with van der Waals surface area (Å²) in [6, 6.07) is 17.5. The fourth-order valence-corrected chi connectivity index (χ4v) is 4.89. The minimum Gasteiger partial charge on any atom is -0.392 e. The highest BCUT2D eigenvalue weighted by Crippen LogP contribution is 2.41. The van der Waals surface area contributed by atoms with E-state index in [1.165, 1.54) is 5.56 Å². The fourth-order valence-electron chi connectivity index (χ4n) is 4.89. The molecule has 4 N–H and O–H groups in total. The number of nitrogens with zero attached hydrogens (tertiary/aromatic N) is 2. The molecule has 0 unspecified atom stereocenters. The molecule has 35 heavy (non-hydrogen) atoms. The summed E-state index contributed by atoms with van der Waals surface area (Å²) in [4.78, 5) is 12.5. The van der Waals surface area contributed by atoms with Crippen LogP contribution < -0.4 is 5.73 Å². The number of rotatable bonds is 8. The van der Waals surface area contributed by atoms with Crippen molar-refractivity contribution in [2.75, 3.05) is 0 Å². The van der Waals surface area contributed by atoms with Crippen LogP contribution in [-0.4, -0.2) is 31.8 Å². The summed E-state index contributed by atoms with van der Waals surface area (Å²) in [7, 11) is 0. The topological polar surface area (TPSA) is 101 Å². The Hall–Kier alpha value is -2.80. The Morgan fingerprint density at radius 1 is 1.11 bits per heavy atom. The van der Waals surface area contributed by atoms with Gasteiger partial charge in [-0.25, -0.2) is 4.68 Å². The average molecular weight is 476 g/mol. The Kier molecular flexibility index (Phi) is 7.55. The van der Waals surface area contributed by atoms with Gasteiger partial charge in [-0.15, -0.1) is 0 Å². The standard InChI is InChI=1S/C29H37N3O3/c1-19(2)28(30)26(34)16-21-12-14-29(35,15-13-21)27-17-25(23-8-4-20(3)5-9-23)32(31-27)24-10-6-22(18-33)7-11-24/h4-11,17,19,21,28,33,35H,12-16,18,30H2,1-3H3/t21?,28-,29?/m0/s1. The molecule has 3 aromatic rings. The van der Waals surface area contributed by atoms with Crippen LogP contribution in [0.3, 0.4) is 0 Å². The molecule has 6 heteroatoms. The van der Waals surface area contributed by atoms with E-state index in [0.29, 0.717) is 25.0 Å². The maximum absolute atomic E-state index is 12.5.